The molecular formula is C13H23N3O3. The largest absolute Gasteiger partial charge is 0.480 e. The van der Waals surface area contributed by atoms with Crippen LogP contribution < -0.4 is 10.6 Å². The van der Waals surface area contributed by atoms with E-state index in [0.29, 0.717) is 6.54 Å². The SMILES string of the molecule is C#CCC(NC(=O)NCC(C)(C)CN(C)C)C(=O)O. The van der Waals surface area contributed by atoms with Crippen LogP contribution in [0.1, 0.15) is 20.3 Å². The van der Waals surface area contributed by atoms with E-state index in [9.17, 15) is 9.59 Å². The number of aliphatic carboxylic acids is 1. The van der Waals surface area contributed by atoms with Crippen molar-refractivity contribution >= 4 is 12.0 Å². The summed E-state index contributed by atoms with van der Waals surface area (Å²) in [5.74, 6) is 1.08. The van der Waals surface area contributed by atoms with Crippen molar-refractivity contribution in [2.75, 3.05) is 27.2 Å². The number of nitrogens with zero attached hydrogens (tertiary/aromatic N) is 1. The number of amides is 2. The first kappa shape index (κ1) is 17.3. The molecule has 0 heterocycles. The van der Waals surface area contributed by atoms with E-state index in [2.05, 4.69) is 16.6 Å². The molecule has 6 nitrogen and oxygen atoms in total. The number of terminal acetylenes is 1. The Morgan fingerprint density at radius 1 is 1.42 bits per heavy atom. The molecule has 3 N–H and O–H groups in total. The lowest BCUT2D eigenvalue weighted by Crippen LogP contribution is -2.49. The predicted molar refractivity (Wildman–Crippen MR) is 73.7 cm³/mol. The van der Waals surface area contributed by atoms with Gasteiger partial charge in [-0.3, -0.25) is 0 Å². The molecule has 1 unspecified atom stereocenters. The fraction of sp³-hybridized carbons (Fsp3) is 0.692. The number of rotatable bonds is 7. The van der Waals surface area contributed by atoms with Gasteiger partial charge < -0.3 is 20.6 Å². The second kappa shape index (κ2) is 7.64. The first-order valence-electron chi connectivity index (χ1n) is 6.03. The van der Waals surface area contributed by atoms with Crippen molar-refractivity contribution in [1.29, 1.82) is 0 Å². The molecule has 0 fully saturated rings. The van der Waals surface area contributed by atoms with Gasteiger partial charge in [0.05, 0.1) is 0 Å². The minimum atomic E-state index is -1.14. The summed E-state index contributed by atoms with van der Waals surface area (Å²) in [6.07, 6.45) is 5.01. The summed E-state index contributed by atoms with van der Waals surface area (Å²) >= 11 is 0. The zero-order valence-corrected chi connectivity index (χ0v) is 12.0. The first-order chi connectivity index (χ1) is 8.68. The standard InChI is InChI=1S/C13H23N3O3/c1-6-7-10(11(17)18)15-12(19)14-8-13(2,3)9-16(4)5/h1,10H,7-9H2,2-5H3,(H,17,18)(H2,14,15,19). The van der Waals surface area contributed by atoms with Crippen molar-refractivity contribution in [1.82, 2.24) is 15.5 Å². The van der Waals surface area contributed by atoms with Crippen LogP contribution in [0.5, 0.6) is 0 Å². The van der Waals surface area contributed by atoms with Gasteiger partial charge in [-0.25, -0.2) is 9.59 Å². The highest BCUT2D eigenvalue weighted by Gasteiger charge is 2.22. The van der Waals surface area contributed by atoms with Crippen LogP contribution in [0.4, 0.5) is 4.79 Å². The molecule has 0 aromatic carbocycles. The highest BCUT2D eigenvalue weighted by atomic mass is 16.4. The van der Waals surface area contributed by atoms with Crippen LogP contribution in [-0.4, -0.2) is 55.2 Å². The van der Waals surface area contributed by atoms with E-state index in [4.69, 9.17) is 11.5 Å². The number of nitrogens with one attached hydrogen (secondary N) is 2. The Morgan fingerprint density at radius 2 is 2.00 bits per heavy atom. The van der Waals surface area contributed by atoms with Gasteiger partial charge in [-0.2, -0.15) is 0 Å². The molecule has 108 valence electrons. The molecule has 1 atom stereocenters. The molecular weight excluding hydrogens is 246 g/mol. The number of carboxylic acids is 1. The molecule has 0 aromatic heterocycles. The topological polar surface area (TPSA) is 81.7 Å². The molecule has 0 spiro atoms. The fourth-order valence-corrected chi connectivity index (χ4v) is 1.76. The summed E-state index contributed by atoms with van der Waals surface area (Å²) in [7, 11) is 3.91. The van der Waals surface area contributed by atoms with Crippen molar-refractivity contribution < 1.29 is 14.7 Å². The Morgan fingerprint density at radius 3 is 2.42 bits per heavy atom. The van der Waals surface area contributed by atoms with E-state index in [0.717, 1.165) is 6.54 Å². The number of carbonyl (C=O) groups excluding carboxylic acids is 1. The average Bonchev–Trinajstić information content (AvgIpc) is 2.24. The molecule has 0 aliphatic heterocycles. The normalized spacial score (nSPS) is 12.6. The van der Waals surface area contributed by atoms with Crippen molar-refractivity contribution in [2.24, 2.45) is 5.41 Å². The van der Waals surface area contributed by atoms with Crippen molar-refractivity contribution in [2.45, 2.75) is 26.3 Å². The van der Waals surface area contributed by atoms with Crippen LogP contribution in [0.15, 0.2) is 0 Å². The van der Waals surface area contributed by atoms with Crippen LogP contribution in [0.2, 0.25) is 0 Å². The maximum absolute atomic E-state index is 11.6. The Labute approximate surface area is 114 Å². The van der Waals surface area contributed by atoms with Crippen molar-refractivity contribution in [3.05, 3.63) is 0 Å². The van der Waals surface area contributed by atoms with Crippen LogP contribution in [0.25, 0.3) is 0 Å². The molecule has 0 aromatic rings. The zero-order valence-electron chi connectivity index (χ0n) is 12.0. The Kier molecular flexibility index (Phi) is 6.94. The summed E-state index contributed by atoms with van der Waals surface area (Å²) in [6, 6.07) is -1.57. The number of hydrogen-bond donors (Lipinski definition) is 3. The average molecular weight is 269 g/mol. The molecule has 2 amide bonds. The van der Waals surface area contributed by atoms with Gasteiger partial charge in [0.15, 0.2) is 0 Å². The highest BCUT2D eigenvalue weighted by molar-refractivity contribution is 5.82. The van der Waals surface area contributed by atoms with E-state index in [1.807, 2.05) is 32.8 Å². The monoisotopic (exact) mass is 269 g/mol. The van der Waals surface area contributed by atoms with Crippen LogP contribution in [-0.2, 0) is 4.79 Å². The minimum Gasteiger partial charge on any atom is -0.480 e. The third kappa shape index (κ3) is 8.06. The van der Waals surface area contributed by atoms with E-state index in [-0.39, 0.29) is 11.8 Å². The molecule has 19 heavy (non-hydrogen) atoms. The summed E-state index contributed by atoms with van der Waals surface area (Å²) in [5.41, 5.74) is -0.105. The smallest absolute Gasteiger partial charge is 0.327 e. The van der Waals surface area contributed by atoms with Gasteiger partial charge in [0.2, 0.25) is 0 Å². The lowest BCUT2D eigenvalue weighted by atomic mass is 9.93. The van der Waals surface area contributed by atoms with Crippen LogP contribution >= 0.6 is 0 Å². The second-order valence-electron chi connectivity index (χ2n) is 5.53. The lowest BCUT2D eigenvalue weighted by Gasteiger charge is -2.28. The Bertz CT molecular complexity index is 359. The first-order valence-corrected chi connectivity index (χ1v) is 6.03. The molecule has 0 bridgehead atoms. The van der Waals surface area contributed by atoms with E-state index in [1.165, 1.54) is 0 Å². The predicted octanol–water partition coefficient (Wildman–Crippen LogP) is 0.350. The summed E-state index contributed by atoms with van der Waals surface area (Å²) in [4.78, 5) is 24.5. The van der Waals surface area contributed by atoms with Gasteiger partial charge in [0.25, 0.3) is 0 Å². The number of hydrogen-bond acceptors (Lipinski definition) is 3. The molecule has 0 radical (unpaired) electrons. The van der Waals surface area contributed by atoms with E-state index in [1.54, 1.807) is 0 Å². The lowest BCUT2D eigenvalue weighted by molar-refractivity contribution is -0.139. The van der Waals surface area contributed by atoms with Crippen molar-refractivity contribution in [3.8, 4) is 12.3 Å². The molecule has 0 saturated carbocycles. The summed E-state index contributed by atoms with van der Waals surface area (Å²) in [6.45, 7) is 5.28. The maximum Gasteiger partial charge on any atom is 0.327 e. The molecule has 0 rings (SSSR count). The zero-order chi connectivity index (χ0) is 15.1. The van der Waals surface area contributed by atoms with Gasteiger partial charge in [-0.05, 0) is 19.5 Å². The van der Waals surface area contributed by atoms with Crippen molar-refractivity contribution in [3.63, 3.8) is 0 Å². The third-order valence-corrected chi connectivity index (χ3v) is 2.40. The Hall–Kier alpha value is -1.74. The van der Waals surface area contributed by atoms with Gasteiger partial charge in [0.1, 0.15) is 6.04 Å². The molecule has 0 saturated heterocycles. The van der Waals surface area contributed by atoms with Gasteiger partial charge in [0, 0.05) is 19.5 Å². The molecule has 0 aliphatic carbocycles. The molecule has 6 heteroatoms. The van der Waals surface area contributed by atoms with Crippen LogP contribution in [0, 0.1) is 17.8 Å². The number of carboxylic acid groups (broad SMARTS) is 1. The number of urea groups is 1. The highest BCUT2D eigenvalue weighted by Crippen LogP contribution is 2.13. The second-order valence-corrected chi connectivity index (χ2v) is 5.53. The minimum absolute atomic E-state index is 0.0379. The summed E-state index contributed by atoms with van der Waals surface area (Å²) in [5, 5.41) is 13.9. The van der Waals surface area contributed by atoms with E-state index >= 15 is 0 Å². The maximum atomic E-state index is 11.6. The summed E-state index contributed by atoms with van der Waals surface area (Å²) < 4.78 is 0. The van der Waals surface area contributed by atoms with Gasteiger partial charge in [-0.1, -0.05) is 13.8 Å². The quantitative estimate of drug-likeness (QED) is 0.583. The Balaban J connectivity index is 4.24. The van der Waals surface area contributed by atoms with Crippen LogP contribution in [0.3, 0.4) is 0 Å². The fourth-order valence-electron chi connectivity index (χ4n) is 1.76. The van der Waals surface area contributed by atoms with Gasteiger partial charge in [-0.15, -0.1) is 12.3 Å². The third-order valence-electron chi connectivity index (χ3n) is 2.40. The molecule has 0 aliphatic rings. The number of carbonyl (C=O) groups is 2. The van der Waals surface area contributed by atoms with E-state index < -0.39 is 18.0 Å². The van der Waals surface area contributed by atoms with Gasteiger partial charge >= 0.3 is 12.0 Å².